The van der Waals surface area contributed by atoms with Crippen LogP contribution in [0.2, 0.25) is 0 Å². The quantitative estimate of drug-likeness (QED) is 0.504. The average molecular weight is 279 g/mol. The van der Waals surface area contributed by atoms with Gasteiger partial charge in [-0.05, 0) is 24.3 Å². The van der Waals surface area contributed by atoms with E-state index in [4.69, 9.17) is 5.84 Å². The molecular formula is C15H13N5O. The van der Waals surface area contributed by atoms with Crippen molar-refractivity contribution in [2.75, 3.05) is 10.7 Å². The van der Waals surface area contributed by atoms with Gasteiger partial charge in [0.2, 0.25) is 0 Å². The number of para-hydroxylation sites is 1. The molecule has 21 heavy (non-hydrogen) atoms. The van der Waals surface area contributed by atoms with E-state index in [-0.39, 0.29) is 5.91 Å². The van der Waals surface area contributed by atoms with Crippen molar-refractivity contribution in [1.29, 1.82) is 0 Å². The normalized spacial score (nSPS) is 10.3. The number of nitrogens with one attached hydrogen (secondary N) is 2. The van der Waals surface area contributed by atoms with Gasteiger partial charge in [0, 0.05) is 23.5 Å². The molecule has 3 rings (SSSR count). The summed E-state index contributed by atoms with van der Waals surface area (Å²) in [7, 11) is 0. The predicted molar refractivity (Wildman–Crippen MR) is 81.7 cm³/mol. The first-order valence-electron chi connectivity index (χ1n) is 6.36. The van der Waals surface area contributed by atoms with E-state index in [1.807, 2.05) is 24.3 Å². The molecule has 0 unspecified atom stereocenters. The molecule has 0 radical (unpaired) electrons. The summed E-state index contributed by atoms with van der Waals surface area (Å²) in [5, 5.41) is 3.59. The summed E-state index contributed by atoms with van der Waals surface area (Å²) in [6.45, 7) is 0. The number of carbonyl (C=O) groups is 1. The van der Waals surface area contributed by atoms with Crippen molar-refractivity contribution in [1.82, 2.24) is 9.97 Å². The molecule has 3 aromatic rings. The number of rotatable bonds is 3. The number of hydrogen-bond donors (Lipinski definition) is 3. The topological polar surface area (TPSA) is 92.9 Å². The zero-order chi connectivity index (χ0) is 14.7. The van der Waals surface area contributed by atoms with Crippen molar-refractivity contribution in [3.05, 3.63) is 60.4 Å². The van der Waals surface area contributed by atoms with Crippen molar-refractivity contribution >= 4 is 28.3 Å². The Bertz CT molecular complexity index is 788. The molecule has 0 aliphatic rings. The first-order chi connectivity index (χ1) is 10.3. The number of aromatic nitrogens is 2. The van der Waals surface area contributed by atoms with Crippen LogP contribution in [0.5, 0.6) is 0 Å². The molecule has 104 valence electrons. The molecule has 1 amide bonds. The summed E-state index contributed by atoms with van der Waals surface area (Å²) in [5.74, 6) is 5.62. The third kappa shape index (κ3) is 2.65. The molecule has 0 aliphatic heterocycles. The van der Waals surface area contributed by atoms with Crippen molar-refractivity contribution in [3.63, 3.8) is 0 Å². The fourth-order valence-electron chi connectivity index (χ4n) is 2.07. The lowest BCUT2D eigenvalue weighted by molar-refractivity contribution is 0.102. The Morgan fingerprint density at radius 2 is 1.86 bits per heavy atom. The largest absolute Gasteiger partial charge is 0.322 e. The molecule has 0 saturated carbocycles. The van der Waals surface area contributed by atoms with Gasteiger partial charge in [-0.15, -0.1) is 0 Å². The number of carbonyl (C=O) groups excluding carboxylic acids is 1. The summed E-state index contributed by atoms with van der Waals surface area (Å²) < 4.78 is 0. The summed E-state index contributed by atoms with van der Waals surface area (Å²) in [6, 6.07) is 12.5. The highest BCUT2D eigenvalue weighted by Crippen LogP contribution is 2.21. The zero-order valence-corrected chi connectivity index (χ0v) is 11.1. The number of hydrazine groups is 1. The highest BCUT2D eigenvalue weighted by Gasteiger charge is 2.12. The second-order valence-electron chi connectivity index (χ2n) is 4.41. The van der Waals surface area contributed by atoms with Gasteiger partial charge < -0.3 is 10.7 Å². The van der Waals surface area contributed by atoms with E-state index in [2.05, 4.69) is 20.7 Å². The Labute approximate surface area is 121 Å². The van der Waals surface area contributed by atoms with Gasteiger partial charge in [-0.2, -0.15) is 0 Å². The fourth-order valence-corrected chi connectivity index (χ4v) is 2.07. The molecule has 0 saturated heterocycles. The lowest BCUT2D eigenvalue weighted by atomic mass is 10.1. The van der Waals surface area contributed by atoms with Crippen LogP contribution in [-0.4, -0.2) is 15.9 Å². The summed E-state index contributed by atoms with van der Waals surface area (Å²) in [4.78, 5) is 20.7. The predicted octanol–water partition coefficient (Wildman–Crippen LogP) is 2.17. The maximum absolute atomic E-state index is 12.5. The summed E-state index contributed by atoms with van der Waals surface area (Å²) in [6.07, 6.45) is 3.24. The standard InChI is InChI=1S/C15H13N5O/c16-20-14-9-12(11-3-1-2-4-13(11)19-14)15(21)18-10-5-7-17-8-6-10/h1-9H,16H2,(H,19,20)(H,17,18,21). The van der Waals surface area contributed by atoms with Crippen LogP contribution >= 0.6 is 0 Å². The molecule has 0 fully saturated rings. The van der Waals surface area contributed by atoms with E-state index in [0.29, 0.717) is 22.6 Å². The number of benzene rings is 1. The van der Waals surface area contributed by atoms with Gasteiger partial charge in [-0.1, -0.05) is 18.2 Å². The minimum absolute atomic E-state index is 0.226. The van der Waals surface area contributed by atoms with Crippen molar-refractivity contribution in [3.8, 4) is 0 Å². The molecule has 2 heterocycles. The molecule has 0 aliphatic carbocycles. The van der Waals surface area contributed by atoms with Crippen LogP contribution in [-0.2, 0) is 0 Å². The summed E-state index contributed by atoms with van der Waals surface area (Å²) >= 11 is 0. The molecule has 0 atom stereocenters. The number of pyridine rings is 2. The molecule has 6 nitrogen and oxygen atoms in total. The molecule has 2 aromatic heterocycles. The van der Waals surface area contributed by atoms with Gasteiger partial charge >= 0.3 is 0 Å². The van der Waals surface area contributed by atoms with Gasteiger partial charge in [0.1, 0.15) is 5.82 Å². The van der Waals surface area contributed by atoms with Gasteiger partial charge in [0.05, 0.1) is 11.1 Å². The van der Waals surface area contributed by atoms with E-state index in [1.54, 1.807) is 30.6 Å². The van der Waals surface area contributed by atoms with Crippen LogP contribution in [0.1, 0.15) is 10.4 Å². The summed E-state index contributed by atoms with van der Waals surface area (Å²) in [5.41, 5.74) is 4.36. The number of amides is 1. The molecule has 0 spiro atoms. The Balaban J connectivity index is 2.04. The lowest BCUT2D eigenvalue weighted by Crippen LogP contribution is -2.15. The Morgan fingerprint density at radius 1 is 1.10 bits per heavy atom. The molecule has 4 N–H and O–H groups in total. The molecular weight excluding hydrogens is 266 g/mol. The fraction of sp³-hybridized carbons (Fsp3) is 0. The van der Waals surface area contributed by atoms with Gasteiger partial charge in [0.25, 0.3) is 5.91 Å². The molecule has 6 heteroatoms. The van der Waals surface area contributed by atoms with Crippen LogP contribution in [0, 0.1) is 0 Å². The van der Waals surface area contributed by atoms with Gasteiger partial charge in [-0.25, -0.2) is 10.8 Å². The van der Waals surface area contributed by atoms with E-state index < -0.39 is 0 Å². The Morgan fingerprint density at radius 3 is 2.62 bits per heavy atom. The van der Waals surface area contributed by atoms with Gasteiger partial charge in [0.15, 0.2) is 0 Å². The average Bonchev–Trinajstić information content (AvgIpc) is 2.54. The first-order valence-corrected chi connectivity index (χ1v) is 6.36. The van der Waals surface area contributed by atoms with Crippen molar-refractivity contribution < 1.29 is 4.79 Å². The minimum Gasteiger partial charge on any atom is -0.322 e. The third-order valence-corrected chi connectivity index (χ3v) is 3.05. The Kier molecular flexibility index (Phi) is 3.44. The van der Waals surface area contributed by atoms with Crippen molar-refractivity contribution in [2.45, 2.75) is 0 Å². The number of anilines is 2. The molecule has 0 bridgehead atoms. The van der Waals surface area contributed by atoms with E-state index in [9.17, 15) is 4.79 Å². The second-order valence-corrected chi connectivity index (χ2v) is 4.41. The lowest BCUT2D eigenvalue weighted by Gasteiger charge is -2.09. The number of fused-ring (bicyclic) bond motifs is 1. The number of nitrogens with zero attached hydrogens (tertiary/aromatic N) is 2. The highest BCUT2D eigenvalue weighted by molar-refractivity contribution is 6.12. The molecule has 1 aromatic carbocycles. The van der Waals surface area contributed by atoms with Gasteiger partial charge in [-0.3, -0.25) is 9.78 Å². The van der Waals surface area contributed by atoms with E-state index in [0.717, 1.165) is 5.39 Å². The van der Waals surface area contributed by atoms with E-state index in [1.165, 1.54) is 0 Å². The highest BCUT2D eigenvalue weighted by atomic mass is 16.1. The maximum atomic E-state index is 12.5. The van der Waals surface area contributed by atoms with Crippen LogP contribution < -0.4 is 16.6 Å². The monoisotopic (exact) mass is 279 g/mol. The maximum Gasteiger partial charge on any atom is 0.256 e. The smallest absolute Gasteiger partial charge is 0.256 e. The van der Waals surface area contributed by atoms with Crippen LogP contribution in [0.25, 0.3) is 10.9 Å². The number of hydrogen-bond acceptors (Lipinski definition) is 5. The van der Waals surface area contributed by atoms with Crippen molar-refractivity contribution in [2.24, 2.45) is 5.84 Å². The number of nitrogens with two attached hydrogens (primary N) is 1. The first kappa shape index (κ1) is 13.0. The van der Waals surface area contributed by atoms with Crippen LogP contribution in [0.4, 0.5) is 11.5 Å². The number of nitrogen functional groups attached to an aromatic ring is 1. The van der Waals surface area contributed by atoms with Crippen LogP contribution in [0.15, 0.2) is 54.9 Å². The Hall–Kier alpha value is -2.99. The van der Waals surface area contributed by atoms with E-state index >= 15 is 0 Å². The second kappa shape index (κ2) is 5.56. The minimum atomic E-state index is -0.226. The third-order valence-electron chi connectivity index (χ3n) is 3.05. The SMILES string of the molecule is NNc1cc(C(=O)Nc2ccncc2)c2ccccc2n1. The zero-order valence-electron chi connectivity index (χ0n) is 11.1. The van der Waals surface area contributed by atoms with Crippen LogP contribution in [0.3, 0.4) is 0 Å².